The van der Waals surface area contributed by atoms with Crippen LogP contribution in [0.5, 0.6) is 11.5 Å². The van der Waals surface area contributed by atoms with Gasteiger partial charge >= 0.3 is 0 Å². The predicted molar refractivity (Wildman–Crippen MR) is 287 cm³/mol. The number of rotatable bonds is 19. The Bertz CT molecular complexity index is 2760. The van der Waals surface area contributed by atoms with Crippen molar-refractivity contribution in [2.45, 2.75) is 116 Å². The molecule has 0 fully saturated rings. The summed E-state index contributed by atoms with van der Waals surface area (Å²) in [5.41, 5.74) is 21.5. The molecule has 5 unspecified atom stereocenters. The maximum Gasteiger partial charge on any atom is 0.255 e. The second-order valence-corrected chi connectivity index (χ2v) is 20.6. The summed E-state index contributed by atoms with van der Waals surface area (Å²) in [6, 6.07) is 13.1. The van der Waals surface area contributed by atoms with E-state index < -0.39 is 71.3 Å². The van der Waals surface area contributed by atoms with Crippen LogP contribution in [0.2, 0.25) is 0 Å². The topological polar surface area (TPSA) is 321 Å². The number of nitrogens with one attached hydrogen (secondary N) is 5. The average molecular weight is 1050 g/mol. The first-order valence-corrected chi connectivity index (χ1v) is 25.3. The quantitative estimate of drug-likeness (QED) is 0.0626. The van der Waals surface area contributed by atoms with E-state index in [1.165, 1.54) is 14.0 Å². The number of benzene rings is 3. The number of likely N-dealkylation sites (N-methyl/N-ethyl adjacent to an activating group) is 1. The van der Waals surface area contributed by atoms with E-state index in [0.29, 0.717) is 45.4 Å². The van der Waals surface area contributed by atoms with Crippen LogP contribution in [0.1, 0.15) is 99.4 Å². The van der Waals surface area contributed by atoms with Gasteiger partial charge in [-0.2, -0.15) is 5.26 Å². The molecule has 11 N–H and O–H groups in total. The first-order chi connectivity index (χ1) is 35.9. The lowest BCUT2D eigenvalue weighted by molar-refractivity contribution is -0.143. The summed E-state index contributed by atoms with van der Waals surface area (Å²) >= 11 is 0. The SMILES string of the molecule is Cc1nc(-c2ccc(C(C)(C)C)cc2)nc(C)c1C(=O)NC(COC(C)(C)C)C(=O)NC(CCN)C(=O)N(C)C1C(=O)NC(C)C(=O)NC(C(=O)NCC#N)Cc2ccc(OCCN)c(c2)-c2cc1ccc2OCCN. The van der Waals surface area contributed by atoms with E-state index in [1.807, 2.05) is 30.3 Å². The summed E-state index contributed by atoms with van der Waals surface area (Å²) < 4.78 is 18.3. The van der Waals surface area contributed by atoms with Gasteiger partial charge in [-0.25, -0.2) is 9.97 Å². The maximum atomic E-state index is 15.0. The monoisotopic (exact) mass is 1050 g/mol. The predicted octanol–water partition coefficient (Wildman–Crippen LogP) is 2.53. The number of nitriles is 1. The number of aromatic nitrogens is 2. The van der Waals surface area contributed by atoms with Crippen LogP contribution in [-0.2, 0) is 40.5 Å². The molecular formula is C55H74N12O9. The minimum atomic E-state index is -1.48. The first kappa shape index (κ1) is 59.4. The molecule has 0 saturated carbocycles. The van der Waals surface area contributed by atoms with Gasteiger partial charge in [0.2, 0.25) is 29.5 Å². The number of fused-ring (bicyclic) bond motifs is 5. The molecule has 5 atom stereocenters. The van der Waals surface area contributed by atoms with E-state index in [4.69, 9.17) is 31.4 Å². The molecule has 1 aliphatic rings. The molecular weight excluding hydrogens is 973 g/mol. The zero-order chi connectivity index (χ0) is 56.1. The number of ether oxygens (including phenoxy) is 3. The third-order valence-electron chi connectivity index (χ3n) is 12.4. The molecule has 76 heavy (non-hydrogen) atoms. The molecule has 408 valence electrons. The fraction of sp³-hybridized carbons (Fsp3) is 0.473. The number of carbonyl (C=O) groups is 6. The smallest absolute Gasteiger partial charge is 0.255 e. The Morgan fingerprint density at radius 3 is 1.99 bits per heavy atom. The molecule has 3 aromatic carbocycles. The molecule has 0 spiro atoms. The van der Waals surface area contributed by atoms with Gasteiger partial charge in [0, 0.05) is 43.2 Å². The summed E-state index contributed by atoms with van der Waals surface area (Å²) in [6.45, 7) is 16.3. The van der Waals surface area contributed by atoms with Crippen molar-refractivity contribution in [3.63, 3.8) is 0 Å². The molecule has 4 aromatic rings. The van der Waals surface area contributed by atoms with Gasteiger partial charge in [0.1, 0.15) is 61.5 Å². The molecule has 21 nitrogen and oxygen atoms in total. The number of aryl methyl sites for hydroxylation is 2. The summed E-state index contributed by atoms with van der Waals surface area (Å²) in [5, 5.41) is 22.7. The van der Waals surface area contributed by atoms with Gasteiger partial charge in [0.15, 0.2) is 5.82 Å². The van der Waals surface area contributed by atoms with Crippen LogP contribution < -0.4 is 53.3 Å². The molecule has 0 aliphatic carbocycles. The Kier molecular flexibility index (Phi) is 20.6. The van der Waals surface area contributed by atoms with Crippen molar-refractivity contribution >= 4 is 35.4 Å². The standard InChI is InChI=1S/C55H74N12O9/c1-31-45(32(2)62-47(61-31)35-12-15-37(16-13-35)54(4,5)6)51(71)66-42(30-76-55(7,8)9)50(70)64-40(19-20-56)53(73)67(10)46-36-14-18-44(75-26-23-59)39(29-36)38-27-34(11-17-43(38)74-25-22-58)28-41(49(69)60-24-21-57)65-48(68)33(3)63-52(46)72/h11-18,27,29,33,40-42,46H,19-20,22-26,28,30,56,58-59H2,1-10H3,(H,60,69)(H,63,72)(H,64,70)(H,65,68)(H,66,71). The van der Waals surface area contributed by atoms with Crippen LogP contribution in [0.4, 0.5) is 0 Å². The van der Waals surface area contributed by atoms with Gasteiger partial charge in [-0.15, -0.1) is 0 Å². The molecule has 5 rings (SSSR count). The number of hydrogen-bond acceptors (Lipinski definition) is 15. The van der Waals surface area contributed by atoms with Crippen molar-refractivity contribution < 1.29 is 43.0 Å². The molecule has 0 saturated heterocycles. The Morgan fingerprint density at radius 1 is 0.816 bits per heavy atom. The van der Waals surface area contributed by atoms with Gasteiger partial charge in [-0.3, -0.25) is 28.8 Å². The summed E-state index contributed by atoms with van der Waals surface area (Å²) in [6.07, 6.45) is -0.129. The van der Waals surface area contributed by atoms with Crippen molar-refractivity contribution in [1.29, 1.82) is 5.26 Å². The minimum absolute atomic E-state index is 0.0260. The van der Waals surface area contributed by atoms with E-state index in [1.54, 1.807) is 71.0 Å². The number of nitrogens with two attached hydrogens (primary N) is 3. The summed E-state index contributed by atoms with van der Waals surface area (Å²) in [7, 11) is 1.37. The maximum absolute atomic E-state index is 15.0. The van der Waals surface area contributed by atoms with Crippen LogP contribution in [0.3, 0.4) is 0 Å². The van der Waals surface area contributed by atoms with Crippen LogP contribution in [0, 0.1) is 25.2 Å². The third kappa shape index (κ3) is 15.5. The van der Waals surface area contributed by atoms with Crippen molar-refractivity contribution in [1.82, 2.24) is 41.5 Å². The Balaban J connectivity index is 1.54. The zero-order valence-corrected chi connectivity index (χ0v) is 45.2. The minimum Gasteiger partial charge on any atom is -0.492 e. The average Bonchev–Trinajstić information content (AvgIpc) is 3.36. The third-order valence-corrected chi connectivity index (χ3v) is 12.4. The second-order valence-electron chi connectivity index (χ2n) is 20.6. The fourth-order valence-electron chi connectivity index (χ4n) is 8.44. The molecule has 21 heteroatoms. The van der Waals surface area contributed by atoms with E-state index >= 15 is 0 Å². The Labute approximate surface area is 444 Å². The van der Waals surface area contributed by atoms with Crippen molar-refractivity contribution in [3.05, 3.63) is 94.3 Å². The van der Waals surface area contributed by atoms with E-state index in [9.17, 15) is 34.0 Å². The number of nitrogens with zero attached hydrogens (tertiary/aromatic N) is 4. The summed E-state index contributed by atoms with van der Waals surface area (Å²) in [4.78, 5) is 96.2. The normalized spacial score (nSPS) is 16.6. The van der Waals surface area contributed by atoms with Crippen LogP contribution >= 0.6 is 0 Å². The molecule has 6 amide bonds. The highest BCUT2D eigenvalue weighted by Crippen LogP contribution is 2.40. The lowest BCUT2D eigenvalue weighted by atomic mass is 9.86. The van der Waals surface area contributed by atoms with Gasteiger partial charge in [-0.1, -0.05) is 57.2 Å². The molecule has 4 bridgehead atoms. The number of amides is 6. The van der Waals surface area contributed by atoms with Crippen LogP contribution in [0.25, 0.3) is 22.5 Å². The zero-order valence-electron chi connectivity index (χ0n) is 45.2. The lowest BCUT2D eigenvalue weighted by Gasteiger charge is -2.33. The van der Waals surface area contributed by atoms with Crippen LogP contribution in [0.15, 0.2) is 60.7 Å². The lowest BCUT2D eigenvalue weighted by Crippen LogP contribution is -2.58. The Morgan fingerprint density at radius 2 is 1.42 bits per heavy atom. The van der Waals surface area contributed by atoms with Crippen molar-refractivity contribution in [3.8, 4) is 40.1 Å². The van der Waals surface area contributed by atoms with Crippen LogP contribution in [-0.4, -0.2) is 133 Å². The highest BCUT2D eigenvalue weighted by Gasteiger charge is 2.37. The van der Waals surface area contributed by atoms with E-state index in [2.05, 4.69) is 57.3 Å². The van der Waals surface area contributed by atoms with Gasteiger partial charge in [-0.05, 0) is 101 Å². The van der Waals surface area contributed by atoms with Gasteiger partial charge in [0.05, 0.1) is 35.2 Å². The van der Waals surface area contributed by atoms with Gasteiger partial charge < -0.3 is 62.9 Å². The highest BCUT2D eigenvalue weighted by molar-refractivity contribution is 6.01. The van der Waals surface area contributed by atoms with E-state index in [-0.39, 0.29) is 75.4 Å². The largest absolute Gasteiger partial charge is 0.492 e. The Hall–Kier alpha value is -7.51. The number of hydrogen-bond donors (Lipinski definition) is 8. The fourth-order valence-corrected chi connectivity index (χ4v) is 8.44. The van der Waals surface area contributed by atoms with Crippen molar-refractivity contribution in [2.24, 2.45) is 17.2 Å². The van der Waals surface area contributed by atoms with E-state index in [0.717, 1.165) is 16.0 Å². The molecule has 1 aliphatic heterocycles. The van der Waals surface area contributed by atoms with Gasteiger partial charge in [0.25, 0.3) is 5.91 Å². The molecule has 1 aromatic heterocycles. The molecule has 0 radical (unpaired) electrons. The molecule has 2 heterocycles. The summed E-state index contributed by atoms with van der Waals surface area (Å²) in [5.74, 6) is -3.24. The van der Waals surface area contributed by atoms with Crippen molar-refractivity contribution in [2.75, 3.05) is 53.0 Å². The highest BCUT2D eigenvalue weighted by atomic mass is 16.5. The number of carbonyl (C=O) groups excluding carboxylic acids is 6. The second kappa shape index (κ2) is 26.3. The first-order valence-electron chi connectivity index (χ1n) is 25.3.